The Balaban J connectivity index is 1.65. The van der Waals surface area contributed by atoms with Crippen LogP contribution in [0.3, 0.4) is 0 Å². The Kier molecular flexibility index (Phi) is 6.06. The third kappa shape index (κ3) is 4.40. The smallest absolute Gasteiger partial charge is 0.214 e. The Morgan fingerprint density at radius 1 is 1.03 bits per heavy atom. The second kappa shape index (κ2) is 9.45. The maximum absolute atomic E-state index is 13.8. The second-order valence-corrected chi connectivity index (χ2v) is 8.16. The highest BCUT2D eigenvalue weighted by molar-refractivity contribution is 6.32. The summed E-state index contributed by atoms with van der Waals surface area (Å²) < 4.78 is 18.6. The van der Waals surface area contributed by atoms with Gasteiger partial charge in [0.25, 0.3) is 0 Å². The third-order valence-electron chi connectivity index (χ3n) is 5.64. The molecule has 0 spiro atoms. The molecule has 5 nitrogen and oxygen atoms in total. The summed E-state index contributed by atoms with van der Waals surface area (Å²) in [5.41, 5.74) is 6.89. The normalized spacial score (nSPS) is 12.4. The molecule has 7 heteroatoms. The molecule has 5 rings (SSSR count). The lowest BCUT2D eigenvalue weighted by Crippen LogP contribution is -1.96. The van der Waals surface area contributed by atoms with Gasteiger partial charge in [0, 0.05) is 5.39 Å². The number of nitrogens with one attached hydrogen (secondary N) is 1. The third-order valence-corrected chi connectivity index (χ3v) is 5.96. The highest BCUT2D eigenvalue weighted by atomic mass is 35.5. The molecule has 0 fully saturated rings. The van der Waals surface area contributed by atoms with Crippen LogP contribution in [0.2, 0.25) is 5.02 Å². The van der Waals surface area contributed by atoms with Gasteiger partial charge in [-0.2, -0.15) is 10.1 Å². The number of hydrogen-bond donors (Lipinski definition) is 1. The Bertz CT molecular complexity index is 1500. The van der Waals surface area contributed by atoms with Gasteiger partial charge in [-0.15, -0.1) is 0 Å². The van der Waals surface area contributed by atoms with Gasteiger partial charge in [-0.1, -0.05) is 66.2 Å². The minimum Gasteiger partial charge on any atom is -0.342 e. The van der Waals surface area contributed by atoms with Crippen LogP contribution in [0.5, 0.6) is 0 Å². The zero-order valence-corrected chi connectivity index (χ0v) is 19.1. The van der Waals surface area contributed by atoms with Crippen molar-refractivity contribution in [2.24, 2.45) is 0 Å². The van der Waals surface area contributed by atoms with E-state index in [1.165, 1.54) is 18.5 Å². The number of benzene rings is 3. The number of fused-ring (bicyclic) bond motifs is 1. The first-order valence-electron chi connectivity index (χ1n) is 10.8. The zero-order chi connectivity index (χ0) is 23.5. The summed E-state index contributed by atoms with van der Waals surface area (Å²) >= 11 is 6.50. The van der Waals surface area contributed by atoms with Crippen molar-refractivity contribution in [1.82, 2.24) is 20.3 Å². The van der Waals surface area contributed by atoms with Crippen LogP contribution in [0.1, 0.15) is 41.4 Å². The maximum atomic E-state index is 13.8. The molecule has 2 aromatic heterocycles. The van der Waals surface area contributed by atoms with Gasteiger partial charge in [-0.25, -0.2) is 4.39 Å². The van der Waals surface area contributed by atoms with Crippen molar-refractivity contribution >= 4 is 45.8 Å². The van der Waals surface area contributed by atoms with Gasteiger partial charge < -0.3 is 4.52 Å². The quantitative estimate of drug-likeness (QED) is 0.265. The highest BCUT2D eigenvalue weighted by Gasteiger charge is 2.16. The molecule has 0 amide bonds. The lowest BCUT2D eigenvalue weighted by Gasteiger charge is -2.17. The number of aromatic nitrogens is 4. The maximum Gasteiger partial charge on any atom is 0.214 e. The molecule has 0 atom stereocenters. The van der Waals surface area contributed by atoms with E-state index < -0.39 is 0 Å². The fourth-order valence-corrected chi connectivity index (χ4v) is 4.31. The lowest BCUT2D eigenvalue weighted by atomic mass is 9.87. The van der Waals surface area contributed by atoms with Crippen molar-refractivity contribution < 1.29 is 8.91 Å². The zero-order valence-electron chi connectivity index (χ0n) is 18.3. The van der Waals surface area contributed by atoms with Gasteiger partial charge in [0.1, 0.15) is 5.82 Å². The van der Waals surface area contributed by atoms with Crippen LogP contribution >= 0.6 is 11.6 Å². The fourth-order valence-electron chi connectivity index (χ4n) is 4.03. The Morgan fingerprint density at radius 2 is 1.85 bits per heavy atom. The summed E-state index contributed by atoms with van der Waals surface area (Å²) in [6, 6.07) is 18.9. The molecule has 2 heterocycles. The standard InChI is InChI=1S/C27H20ClFN4O/c1-2-22(23-10-9-21(29)14-24(23)28)27(19-8-11-25-20(13-19)15-31-32-25)18-6-3-17(4-7-18)5-12-26-30-16-34-33-26/h3-16H,2H2,1H3,(H,31,32). The van der Waals surface area contributed by atoms with E-state index in [-0.39, 0.29) is 5.82 Å². The molecular weight excluding hydrogens is 451 g/mol. The van der Waals surface area contributed by atoms with Crippen molar-refractivity contribution in [1.29, 1.82) is 0 Å². The minimum atomic E-state index is -0.358. The molecule has 0 aliphatic heterocycles. The van der Waals surface area contributed by atoms with E-state index in [0.717, 1.165) is 44.3 Å². The number of H-pyrrole nitrogens is 1. The Hall–Kier alpha value is -4.03. The lowest BCUT2D eigenvalue weighted by molar-refractivity contribution is 0.415. The van der Waals surface area contributed by atoms with Crippen LogP contribution in [-0.2, 0) is 0 Å². The molecule has 34 heavy (non-hydrogen) atoms. The summed E-state index contributed by atoms with van der Waals surface area (Å²) in [5.74, 6) is 0.153. The minimum absolute atomic E-state index is 0.358. The van der Waals surface area contributed by atoms with Crippen molar-refractivity contribution in [3.05, 3.63) is 112 Å². The summed E-state index contributed by atoms with van der Waals surface area (Å²) in [5, 5.41) is 12.3. The first kappa shape index (κ1) is 21.8. The first-order chi connectivity index (χ1) is 16.6. The molecule has 0 aliphatic rings. The molecule has 0 bridgehead atoms. The summed E-state index contributed by atoms with van der Waals surface area (Å²) in [6.07, 6.45) is 7.52. The monoisotopic (exact) mass is 470 g/mol. The van der Waals surface area contributed by atoms with E-state index in [2.05, 4.69) is 51.5 Å². The molecule has 0 saturated heterocycles. The van der Waals surface area contributed by atoms with E-state index in [1.807, 2.05) is 24.3 Å². The van der Waals surface area contributed by atoms with E-state index in [1.54, 1.807) is 18.3 Å². The largest absolute Gasteiger partial charge is 0.342 e. The van der Waals surface area contributed by atoms with Crippen LogP contribution in [-0.4, -0.2) is 20.3 Å². The van der Waals surface area contributed by atoms with Crippen LogP contribution < -0.4 is 0 Å². The second-order valence-electron chi connectivity index (χ2n) is 7.75. The van der Waals surface area contributed by atoms with E-state index >= 15 is 0 Å². The molecule has 0 radical (unpaired) electrons. The van der Waals surface area contributed by atoms with Gasteiger partial charge in [0.15, 0.2) is 5.82 Å². The molecule has 5 aromatic rings. The predicted molar refractivity (Wildman–Crippen MR) is 133 cm³/mol. The predicted octanol–water partition coefficient (Wildman–Crippen LogP) is 7.28. The van der Waals surface area contributed by atoms with Gasteiger partial charge in [-0.05, 0) is 70.2 Å². The average Bonchev–Trinajstić information content (AvgIpc) is 3.54. The molecule has 168 valence electrons. The molecule has 0 aliphatic carbocycles. The van der Waals surface area contributed by atoms with Crippen molar-refractivity contribution in [2.45, 2.75) is 13.3 Å². The van der Waals surface area contributed by atoms with E-state index in [9.17, 15) is 4.39 Å². The SMILES string of the molecule is CCC(=C(c1ccc(C=Cc2ncon2)cc1)c1ccc2[nH]ncc2c1)c1ccc(F)cc1Cl. The molecule has 1 N–H and O–H groups in total. The number of hydrogen-bond acceptors (Lipinski definition) is 4. The van der Waals surface area contributed by atoms with Crippen LogP contribution in [0.15, 0.2) is 77.8 Å². The number of allylic oxidation sites excluding steroid dienone is 1. The number of rotatable bonds is 6. The van der Waals surface area contributed by atoms with Crippen LogP contribution in [0, 0.1) is 5.82 Å². The summed E-state index contributed by atoms with van der Waals surface area (Å²) in [6.45, 7) is 2.08. The molecule has 0 saturated carbocycles. The van der Waals surface area contributed by atoms with E-state index in [0.29, 0.717) is 17.3 Å². The highest BCUT2D eigenvalue weighted by Crippen LogP contribution is 2.38. The van der Waals surface area contributed by atoms with Crippen LogP contribution in [0.25, 0.3) is 34.2 Å². The number of halogens is 2. The Morgan fingerprint density at radius 3 is 2.59 bits per heavy atom. The van der Waals surface area contributed by atoms with Gasteiger partial charge >= 0.3 is 0 Å². The van der Waals surface area contributed by atoms with E-state index in [4.69, 9.17) is 16.1 Å². The summed E-state index contributed by atoms with van der Waals surface area (Å²) in [7, 11) is 0. The topological polar surface area (TPSA) is 67.6 Å². The number of aromatic amines is 1. The summed E-state index contributed by atoms with van der Waals surface area (Å²) in [4.78, 5) is 4.00. The van der Waals surface area contributed by atoms with Crippen molar-refractivity contribution in [3.63, 3.8) is 0 Å². The first-order valence-corrected chi connectivity index (χ1v) is 11.2. The fraction of sp³-hybridized carbons (Fsp3) is 0.0741. The van der Waals surface area contributed by atoms with Gasteiger partial charge in [0.05, 0.1) is 16.7 Å². The Labute approximate surface area is 200 Å². The molecular formula is C27H20ClFN4O. The van der Waals surface area contributed by atoms with Crippen molar-refractivity contribution in [2.75, 3.05) is 0 Å². The van der Waals surface area contributed by atoms with Crippen LogP contribution in [0.4, 0.5) is 4.39 Å². The number of nitrogens with zero attached hydrogens (tertiary/aromatic N) is 3. The molecule has 3 aromatic carbocycles. The van der Waals surface area contributed by atoms with Gasteiger partial charge in [0.2, 0.25) is 6.39 Å². The molecule has 0 unspecified atom stereocenters. The van der Waals surface area contributed by atoms with Gasteiger partial charge in [-0.3, -0.25) is 5.10 Å². The van der Waals surface area contributed by atoms with Crippen molar-refractivity contribution in [3.8, 4) is 0 Å². The average molecular weight is 471 g/mol.